The number of esters is 2. The first kappa shape index (κ1) is 26.5. The van der Waals surface area contributed by atoms with Crippen LogP contribution in [-0.4, -0.2) is 58.3 Å². The topological polar surface area (TPSA) is 122 Å². The summed E-state index contributed by atoms with van der Waals surface area (Å²) in [5.74, 6) is -0.422. The van der Waals surface area contributed by atoms with Crippen LogP contribution in [-0.2, 0) is 33.8 Å². The summed E-state index contributed by atoms with van der Waals surface area (Å²) in [6.45, 7) is 4.58. The Kier molecular flexibility index (Phi) is 9.53. The average molecular weight is 502 g/mol. The minimum Gasteiger partial charge on any atom is -0.465 e. The maximum atomic E-state index is 12.9. The Morgan fingerprint density at radius 3 is 2.60 bits per heavy atom. The van der Waals surface area contributed by atoms with Crippen molar-refractivity contribution in [1.82, 2.24) is 14.9 Å². The van der Waals surface area contributed by atoms with Crippen molar-refractivity contribution in [3.63, 3.8) is 0 Å². The molecule has 1 aromatic carbocycles. The fourth-order valence-electron chi connectivity index (χ4n) is 3.83. The van der Waals surface area contributed by atoms with Crippen molar-refractivity contribution in [3.05, 3.63) is 62.5 Å². The third-order valence-corrected chi connectivity index (χ3v) is 6.52. The van der Waals surface area contributed by atoms with E-state index in [0.717, 1.165) is 16.9 Å². The molecule has 35 heavy (non-hydrogen) atoms. The number of aliphatic hydroxyl groups is 1. The number of aryl methyl sites for hydroxylation is 1. The molecule has 2 aromatic heterocycles. The largest absolute Gasteiger partial charge is 0.465 e. The summed E-state index contributed by atoms with van der Waals surface area (Å²) < 4.78 is 10.0. The Morgan fingerprint density at radius 2 is 1.94 bits per heavy atom. The van der Waals surface area contributed by atoms with E-state index in [0.29, 0.717) is 52.3 Å². The van der Waals surface area contributed by atoms with Gasteiger partial charge in [0.2, 0.25) is 0 Å². The molecule has 1 unspecified atom stereocenters. The molecule has 0 aliphatic heterocycles. The van der Waals surface area contributed by atoms with Gasteiger partial charge in [0.1, 0.15) is 28.2 Å². The van der Waals surface area contributed by atoms with Crippen molar-refractivity contribution in [1.29, 1.82) is 0 Å². The molecule has 0 radical (unpaired) electrons. The maximum absolute atomic E-state index is 12.9. The number of methoxy groups -OCH3 is 1. The zero-order chi connectivity index (χ0) is 25.4. The zero-order valence-electron chi connectivity index (χ0n) is 20.2. The van der Waals surface area contributed by atoms with Gasteiger partial charge in [-0.2, -0.15) is 0 Å². The summed E-state index contributed by atoms with van der Waals surface area (Å²) in [4.78, 5) is 47.0. The first-order chi connectivity index (χ1) is 16.9. The Morgan fingerprint density at radius 1 is 1.20 bits per heavy atom. The second-order valence-electron chi connectivity index (χ2n) is 8.19. The fraction of sp³-hybridized carbons (Fsp3) is 0.440. The fourth-order valence-corrected chi connectivity index (χ4v) is 5.04. The number of aromatic amines is 1. The molecular formula is C25H31N3O6S. The molecule has 2 N–H and O–H groups in total. The molecule has 0 aliphatic carbocycles. The molecule has 188 valence electrons. The van der Waals surface area contributed by atoms with Crippen LogP contribution in [0, 0.1) is 0 Å². The van der Waals surface area contributed by atoms with Crippen LogP contribution in [0.1, 0.15) is 53.3 Å². The van der Waals surface area contributed by atoms with E-state index in [1.54, 1.807) is 0 Å². The highest BCUT2D eigenvalue weighted by Gasteiger charge is 2.22. The van der Waals surface area contributed by atoms with E-state index in [9.17, 15) is 19.5 Å². The lowest BCUT2D eigenvalue weighted by Gasteiger charge is -2.24. The van der Waals surface area contributed by atoms with Crippen molar-refractivity contribution in [2.24, 2.45) is 0 Å². The smallest absolute Gasteiger partial charge is 0.348 e. The monoisotopic (exact) mass is 501 g/mol. The molecule has 1 atom stereocenters. The lowest BCUT2D eigenvalue weighted by atomic mass is 10.1. The van der Waals surface area contributed by atoms with Crippen molar-refractivity contribution < 1.29 is 24.2 Å². The SMILES string of the molecule is CCCC(=O)OCC(O)CN(Cc1ccccc1)Cc1nc2sc(C(=O)OC)c(CC)c2c(=O)[nH]1. The minimum absolute atomic E-state index is 0.111. The van der Waals surface area contributed by atoms with Crippen LogP contribution in [0.15, 0.2) is 35.1 Å². The molecule has 0 aliphatic rings. The van der Waals surface area contributed by atoms with Gasteiger partial charge in [0.25, 0.3) is 5.56 Å². The van der Waals surface area contributed by atoms with E-state index in [2.05, 4.69) is 9.97 Å². The Hall–Kier alpha value is -3.08. The molecule has 0 bridgehead atoms. The maximum Gasteiger partial charge on any atom is 0.348 e. The van der Waals surface area contributed by atoms with E-state index in [4.69, 9.17) is 9.47 Å². The Balaban J connectivity index is 1.85. The second kappa shape index (κ2) is 12.6. The van der Waals surface area contributed by atoms with Gasteiger partial charge in [-0.15, -0.1) is 11.3 Å². The number of fused-ring (bicyclic) bond motifs is 1. The molecule has 3 rings (SSSR count). The van der Waals surface area contributed by atoms with E-state index in [1.807, 2.05) is 49.1 Å². The lowest BCUT2D eigenvalue weighted by Crippen LogP contribution is -2.35. The van der Waals surface area contributed by atoms with Crippen LogP contribution in [0.4, 0.5) is 0 Å². The first-order valence-corrected chi connectivity index (χ1v) is 12.4. The number of nitrogens with zero attached hydrogens (tertiary/aromatic N) is 2. The molecule has 0 saturated heterocycles. The molecule has 0 amide bonds. The van der Waals surface area contributed by atoms with Crippen LogP contribution < -0.4 is 5.56 Å². The number of ether oxygens (including phenoxy) is 2. The highest BCUT2D eigenvalue weighted by molar-refractivity contribution is 7.20. The molecule has 2 heterocycles. The van der Waals surface area contributed by atoms with Crippen LogP contribution in [0.5, 0.6) is 0 Å². The van der Waals surface area contributed by atoms with Crippen molar-refractivity contribution in [2.45, 2.75) is 52.3 Å². The highest BCUT2D eigenvalue weighted by Crippen LogP contribution is 2.29. The first-order valence-electron chi connectivity index (χ1n) is 11.6. The van der Waals surface area contributed by atoms with Gasteiger partial charge in [0, 0.05) is 19.5 Å². The number of carbonyl (C=O) groups is 2. The van der Waals surface area contributed by atoms with E-state index >= 15 is 0 Å². The third-order valence-electron chi connectivity index (χ3n) is 5.42. The number of rotatable bonds is 12. The summed E-state index contributed by atoms with van der Waals surface area (Å²) in [5.41, 5.74) is 1.33. The number of H-pyrrole nitrogens is 1. The molecule has 0 saturated carbocycles. The van der Waals surface area contributed by atoms with Gasteiger partial charge >= 0.3 is 11.9 Å². The van der Waals surface area contributed by atoms with Gasteiger partial charge in [0.05, 0.1) is 19.0 Å². The Bertz CT molecular complexity index is 1210. The highest BCUT2D eigenvalue weighted by atomic mass is 32.1. The standard InChI is InChI=1S/C25H31N3O6S/c1-4-9-20(30)34-15-17(29)13-28(12-16-10-7-6-8-11-16)14-19-26-23(31)21-18(5-2)22(25(32)33-3)35-24(21)27-19/h6-8,10-11,17,29H,4-5,9,12-15H2,1-3H3,(H,26,27,31). The number of hydrogen-bond acceptors (Lipinski definition) is 9. The van der Waals surface area contributed by atoms with Gasteiger partial charge < -0.3 is 19.6 Å². The summed E-state index contributed by atoms with van der Waals surface area (Å²) >= 11 is 1.14. The second-order valence-corrected chi connectivity index (χ2v) is 9.19. The van der Waals surface area contributed by atoms with Gasteiger partial charge in [-0.25, -0.2) is 9.78 Å². The Labute approximate surface area is 207 Å². The van der Waals surface area contributed by atoms with Crippen LogP contribution >= 0.6 is 11.3 Å². The summed E-state index contributed by atoms with van der Waals surface area (Å²) in [7, 11) is 1.31. The number of aromatic nitrogens is 2. The normalized spacial score (nSPS) is 12.1. The molecule has 0 fully saturated rings. The number of thiophene rings is 1. The van der Waals surface area contributed by atoms with Gasteiger partial charge in [-0.3, -0.25) is 14.5 Å². The predicted molar refractivity (Wildman–Crippen MR) is 133 cm³/mol. The molecule has 10 heteroatoms. The summed E-state index contributed by atoms with van der Waals surface area (Å²) in [6, 6.07) is 9.71. The van der Waals surface area contributed by atoms with E-state index in [-0.39, 0.29) is 31.2 Å². The minimum atomic E-state index is -0.908. The molecule has 3 aromatic rings. The van der Waals surface area contributed by atoms with Crippen molar-refractivity contribution in [2.75, 3.05) is 20.3 Å². The lowest BCUT2D eigenvalue weighted by molar-refractivity contribution is -0.147. The van der Waals surface area contributed by atoms with E-state index < -0.39 is 12.1 Å². The van der Waals surface area contributed by atoms with Crippen LogP contribution in [0.2, 0.25) is 0 Å². The number of benzene rings is 1. The molecular weight excluding hydrogens is 470 g/mol. The quantitative estimate of drug-likeness (QED) is 0.363. The summed E-state index contributed by atoms with van der Waals surface area (Å²) in [5, 5.41) is 10.9. The number of nitrogens with one attached hydrogen (secondary N) is 1. The third kappa shape index (κ3) is 6.97. The predicted octanol–water partition coefficient (Wildman–Crippen LogP) is 3.04. The van der Waals surface area contributed by atoms with E-state index in [1.165, 1.54) is 7.11 Å². The average Bonchev–Trinajstić information content (AvgIpc) is 3.22. The molecule has 0 spiro atoms. The van der Waals surface area contributed by atoms with Gasteiger partial charge in [0.15, 0.2) is 0 Å². The zero-order valence-corrected chi connectivity index (χ0v) is 21.0. The van der Waals surface area contributed by atoms with Crippen molar-refractivity contribution in [3.8, 4) is 0 Å². The molecule has 9 nitrogen and oxygen atoms in total. The number of hydrogen-bond donors (Lipinski definition) is 2. The van der Waals surface area contributed by atoms with Crippen molar-refractivity contribution >= 4 is 33.5 Å². The summed E-state index contributed by atoms with van der Waals surface area (Å²) in [6.07, 6.45) is 0.572. The number of carbonyl (C=O) groups excluding carboxylic acids is 2. The van der Waals surface area contributed by atoms with Crippen LogP contribution in [0.3, 0.4) is 0 Å². The van der Waals surface area contributed by atoms with Crippen LogP contribution in [0.25, 0.3) is 10.2 Å². The van der Waals surface area contributed by atoms with Gasteiger partial charge in [-0.05, 0) is 24.0 Å². The van der Waals surface area contributed by atoms with Gasteiger partial charge in [-0.1, -0.05) is 44.2 Å². The number of aliphatic hydroxyl groups excluding tert-OH is 1.